The van der Waals surface area contributed by atoms with Crippen molar-refractivity contribution in [2.45, 2.75) is 38.9 Å². The van der Waals surface area contributed by atoms with E-state index in [-0.39, 0.29) is 18.3 Å². The van der Waals surface area contributed by atoms with Crippen LogP contribution in [0.3, 0.4) is 0 Å². The van der Waals surface area contributed by atoms with Gasteiger partial charge in [-0.05, 0) is 45.3 Å². The third kappa shape index (κ3) is 1.99. The maximum absolute atomic E-state index is 6.09. The molecule has 19 heavy (non-hydrogen) atoms. The molecular formula is C14H16BClO3. The fourth-order valence-electron chi connectivity index (χ4n) is 2.14. The second-order valence-corrected chi connectivity index (χ2v) is 6.33. The standard InChI is InChI=1S/C14H16BClO3/c1-13(2)14(3,4)19-15(18-13)9-5-6-12-10(7-9)11(16)8-17-12/h5-8H,1-4H3. The maximum Gasteiger partial charge on any atom is 0.494 e. The first-order valence-electron chi connectivity index (χ1n) is 6.32. The van der Waals surface area contributed by atoms with E-state index in [1.54, 1.807) is 6.26 Å². The zero-order chi connectivity index (χ0) is 13.8. The summed E-state index contributed by atoms with van der Waals surface area (Å²) in [7, 11) is -0.375. The summed E-state index contributed by atoms with van der Waals surface area (Å²) < 4.78 is 17.4. The molecule has 1 aliphatic heterocycles. The molecule has 0 N–H and O–H groups in total. The predicted molar refractivity (Wildman–Crippen MR) is 76.9 cm³/mol. The summed E-state index contributed by atoms with van der Waals surface area (Å²) in [6, 6.07) is 5.80. The summed E-state index contributed by atoms with van der Waals surface area (Å²) >= 11 is 6.09. The second kappa shape index (κ2) is 4.01. The van der Waals surface area contributed by atoms with Crippen LogP contribution in [0.25, 0.3) is 11.0 Å². The highest BCUT2D eigenvalue weighted by Gasteiger charge is 2.51. The van der Waals surface area contributed by atoms with Gasteiger partial charge in [-0.3, -0.25) is 0 Å². The van der Waals surface area contributed by atoms with Crippen molar-refractivity contribution in [3.05, 3.63) is 29.5 Å². The lowest BCUT2D eigenvalue weighted by molar-refractivity contribution is 0.00578. The van der Waals surface area contributed by atoms with Gasteiger partial charge < -0.3 is 13.7 Å². The van der Waals surface area contributed by atoms with Gasteiger partial charge in [0.25, 0.3) is 0 Å². The fourth-order valence-corrected chi connectivity index (χ4v) is 2.33. The Morgan fingerprint density at radius 3 is 2.32 bits per heavy atom. The number of halogens is 1. The van der Waals surface area contributed by atoms with Gasteiger partial charge in [0.15, 0.2) is 0 Å². The second-order valence-electron chi connectivity index (χ2n) is 5.93. The SMILES string of the molecule is CC1(C)OB(c2ccc3occ(Cl)c3c2)OC1(C)C. The van der Waals surface area contributed by atoms with Crippen molar-refractivity contribution in [3.8, 4) is 0 Å². The van der Waals surface area contributed by atoms with E-state index < -0.39 is 0 Å². The highest BCUT2D eigenvalue weighted by molar-refractivity contribution is 6.62. The van der Waals surface area contributed by atoms with E-state index in [4.69, 9.17) is 25.3 Å². The van der Waals surface area contributed by atoms with Crippen LogP contribution in [0.5, 0.6) is 0 Å². The molecule has 3 nitrogen and oxygen atoms in total. The van der Waals surface area contributed by atoms with E-state index in [0.29, 0.717) is 5.02 Å². The summed E-state index contributed by atoms with van der Waals surface area (Å²) in [6.07, 6.45) is 1.54. The molecule has 0 atom stereocenters. The lowest BCUT2D eigenvalue weighted by atomic mass is 9.79. The number of hydrogen-bond donors (Lipinski definition) is 0. The molecule has 0 saturated carbocycles. The normalized spacial score (nSPS) is 21.2. The van der Waals surface area contributed by atoms with Crippen LogP contribution in [0.2, 0.25) is 5.02 Å². The summed E-state index contributed by atoms with van der Waals surface area (Å²) in [5.41, 5.74) is 1.04. The summed E-state index contributed by atoms with van der Waals surface area (Å²) in [5.74, 6) is 0. The molecule has 0 unspecified atom stereocenters. The van der Waals surface area contributed by atoms with Crippen molar-refractivity contribution in [1.82, 2.24) is 0 Å². The Morgan fingerprint density at radius 1 is 1.05 bits per heavy atom. The van der Waals surface area contributed by atoms with E-state index >= 15 is 0 Å². The molecule has 1 aromatic heterocycles. The van der Waals surface area contributed by atoms with Crippen LogP contribution in [-0.4, -0.2) is 18.3 Å². The molecule has 0 spiro atoms. The molecule has 0 aliphatic carbocycles. The highest BCUT2D eigenvalue weighted by Crippen LogP contribution is 2.36. The van der Waals surface area contributed by atoms with E-state index in [1.165, 1.54) is 0 Å². The third-order valence-corrected chi connectivity index (χ3v) is 4.37. The molecule has 0 bridgehead atoms. The Hall–Kier alpha value is -0.965. The van der Waals surface area contributed by atoms with Crippen LogP contribution >= 0.6 is 11.6 Å². The lowest BCUT2D eigenvalue weighted by Crippen LogP contribution is -2.41. The predicted octanol–water partition coefficient (Wildman–Crippen LogP) is 3.39. The largest absolute Gasteiger partial charge is 0.494 e. The summed E-state index contributed by atoms with van der Waals surface area (Å²) in [4.78, 5) is 0. The Balaban J connectivity index is 2.00. The van der Waals surface area contributed by atoms with Gasteiger partial charge in [-0.1, -0.05) is 17.7 Å². The fraction of sp³-hybridized carbons (Fsp3) is 0.429. The van der Waals surface area contributed by atoms with Crippen LogP contribution in [0.4, 0.5) is 0 Å². The molecule has 0 radical (unpaired) electrons. The van der Waals surface area contributed by atoms with Crippen LogP contribution in [0.1, 0.15) is 27.7 Å². The average Bonchev–Trinajstić information content (AvgIpc) is 2.78. The van der Waals surface area contributed by atoms with Crippen molar-refractivity contribution in [3.63, 3.8) is 0 Å². The molecule has 5 heteroatoms. The van der Waals surface area contributed by atoms with Crippen molar-refractivity contribution in [1.29, 1.82) is 0 Å². The molecule has 3 rings (SSSR count). The van der Waals surface area contributed by atoms with Gasteiger partial charge in [-0.15, -0.1) is 0 Å². The van der Waals surface area contributed by atoms with Gasteiger partial charge in [0, 0.05) is 5.39 Å². The molecule has 2 heterocycles. The van der Waals surface area contributed by atoms with Crippen LogP contribution in [0, 0.1) is 0 Å². The first-order valence-corrected chi connectivity index (χ1v) is 6.70. The summed E-state index contributed by atoms with van der Waals surface area (Å²) in [5, 5.41) is 1.49. The minimum atomic E-state index is -0.375. The summed E-state index contributed by atoms with van der Waals surface area (Å²) in [6.45, 7) is 8.15. The van der Waals surface area contributed by atoms with Gasteiger partial charge in [0.05, 0.1) is 16.2 Å². The Labute approximate surface area is 118 Å². The van der Waals surface area contributed by atoms with Crippen LogP contribution in [-0.2, 0) is 9.31 Å². The first kappa shape index (κ1) is 13.0. The van der Waals surface area contributed by atoms with Crippen LogP contribution < -0.4 is 5.46 Å². The van der Waals surface area contributed by atoms with Crippen LogP contribution in [0.15, 0.2) is 28.9 Å². The molecule has 1 fully saturated rings. The van der Waals surface area contributed by atoms with Gasteiger partial charge in [-0.25, -0.2) is 0 Å². The monoisotopic (exact) mass is 278 g/mol. The number of rotatable bonds is 1. The first-order chi connectivity index (χ1) is 8.80. The minimum Gasteiger partial charge on any atom is -0.463 e. The van der Waals surface area contributed by atoms with E-state index in [2.05, 4.69) is 0 Å². The number of fused-ring (bicyclic) bond motifs is 1. The Bertz CT molecular complexity index is 617. The molecular weight excluding hydrogens is 262 g/mol. The van der Waals surface area contributed by atoms with Gasteiger partial charge in [-0.2, -0.15) is 0 Å². The van der Waals surface area contributed by atoms with Gasteiger partial charge in [0.1, 0.15) is 11.8 Å². The van der Waals surface area contributed by atoms with E-state index in [1.807, 2.05) is 45.9 Å². The third-order valence-electron chi connectivity index (χ3n) is 4.08. The lowest BCUT2D eigenvalue weighted by Gasteiger charge is -2.32. The maximum atomic E-state index is 6.09. The zero-order valence-electron chi connectivity index (χ0n) is 11.5. The smallest absolute Gasteiger partial charge is 0.463 e. The number of furan rings is 1. The quantitative estimate of drug-likeness (QED) is 0.749. The van der Waals surface area contributed by atoms with Crippen molar-refractivity contribution in [2.75, 3.05) is 0 Å². The van der Waals surface area contributed by atoms with Crippen molar-refractivity contribution in [2.24, 2.45) is 0 Å². The Morgan fingerprint density at radius 2 is 1.68 bits per heavy atom. The molecule has 0 amide bonds. The highest BCUT2D eigenvalue weighted by atomic mass is 35.5. The zero-order valence-corrected chi connectivity index (χ0v) is 12.2. The number of benzene rings is 1. The van der Waals surface area contributed by atoms with Crippen molar-refractivity contribution >= 4 is 35.2 Å². The molecule has 1 aromatic carbocycles. The molecule has 1 saturated heterocycles. The molecule has 100 valence electrons. The number of hydrogen-bond acceptors (Lipinski definition) is 3. The molecule has 2 aromatic rings. The topological polar surface area (TPSA) is 31.6 Å². The average molecular weight is 279 g/mol. The van der Waals surface area contributed by atoms with E-state index in [9.17, 15) is 0 Å². The minimum absolute atomic E-state index is 0.340. The molecule has 1 aliphatic rings. The van der Waals surface area contributed by atoms with E-state index in [0.717, 1.165) is 16.4 Å². The van der Waals surface area contributed by atoms with Crippen molar-refractivity contribution < 1.29 is 13.7 Å². The van der Waals surface area contributed by atoms with Gasteiger partial charge in [0.2, 0.25) is 0 Å². The Kier molecular flexibility index (Phi) is 2.75. The van der Waals surface area contributed by atoms with Gasteiger partial charge >= 0.3 is 7.12 Å².